The molecular weight excluding hydrogens is 322 g/mol. The number of carboxylic acids is 1. The van der Waals surface area contributed by atoms with Crippen molar-refractivity contribution < 1.29 is 19.4 Å². The van der Waals surface area contributed by atoms with E-state index in [0.717, 1.165) is 11.3 Å². The van der Waals surface area contributed by atoms with Gasteiger partial charge in [-0.3, -0.25) is 4.79 Å². The van der Waals surface area contributed by atoms with Gasteiger partial charge in [0.25, 0.3) is 5.91 Å². The van der Waals surface area contributed by atoms with Crippen LogP contribution in [0.2, 0.25) is 0 Å². The monoisotopic (exact) mass is 343 g/mol. The molecule has 0 aliphatic heterocycles. The Bertz CT molecular complexity index is 782. The van der Waals surface area contributed by atoms with E-state index in [-0.39, 0.29) is 13.2 Å². The summed E-state index contributed by atoms with van der Waals surface area (Å²) in [6, 6.07) is 6.57. The molecule has 0 aliphatic carbocycles. The van der Waals surface area contributed by atoms with Crippen LogP contribution in [0.15, 0.2) is 43.1 Å². The normalized spacial score (nSPS) is 11.8. The molecule has 2 aromatic rings. The van der Waals surface area contributed by atoms with Gasteiger partial charge in [-0.15, -0.1) is 6.58 Å². The molecule has 1 heterocycles. The lowest BCUT2D eigenvalue weighted by molar-refractivity contribution is -0.140. The number of rotatable bonds is 8. The van der Waals surface area contributed by atoms with E-state index in [1.807, 2.05) is 31.2 Å². The van der Waals surface area contributed by atoms with Gasteiger partial charge in [0.2, 0.25) is 0 Å². The van der Waals surface area contributed by atoms with E-state index in [9.17, 15) is 14.7 Å². The lowest BCUT2D eigenvalue weighted by atomic mass is 10.2. The molecule has 2 rings (SSSR count). The van der Waals surface area contributed by atoms with E-state index >= 15 is 0 Å². The zero-order valence-electron chi connectivity index (χ0n) is 14.2. The summed E-state index contributed by atoms with van der Waals surface area (Å²) in [5.41, 5.74) is 2.85. The van der Waals surface area contributed by atoms with Gasteiger partial charge in [0.1, 0.15) is 0 Å². The zero-order chi connectivity index (χ0) is 18.4. The van der Waals surface area contributed by atoms with Crippen molar-refractivity contribution in [1.82, 2.24) is 15.1 Å². The number of nitrogens with zero attached hydrogens (tertiary/aromatic N) is 2. The van der Waals surface area contributed by atoms with Crippen LogP contribution < -0.4 is 5.32 Å². The third-order valence-corrected chi connectivity index (χ3v) is 3.62. The lowest BCUT2D eigenvalue weighted by Crippen LogP contribution is -2.44. The summed E-state index contributed by atoms with van der Waals surface area (Å²) in [5.74, 6) is -1.67. The number of nitrogens with one attached hydrogen (secondary N) is 1. The number of carbonyl (C=O) groups is 2. The summed E-state index contributed by atoms with van der Waals surface area (Å²) in [6.45, 7) is 7.29. The molecule has 0 fully saturated rings. The lowest BCUT2D eigenvalue weighted by Gasteiger charge is -2.14. The number of aliphatic carboxylic acids is 1. The molecule has 132 valence electrons. The average Bonchev–Trinajstić information content (AvgIpc) is 2.95. The Morgan fingerprint density at radius 3 is 2.84 bits per heavy atom. The summed E-state index contributed by atoms with van der Waals surface area (Å²) in [6.07, 6.45) is 2.94. The predicted octanol–water partition coefficient (Wildman–Crippen LogP) is 1.87. The highest BCUT2D eigenvalue weighted by Crippen LogP contribution is 2.15. The Balaban J connectivity index is 2.16. The third kappa shape index (κ3) is 4.54. The van der Waals surface area contributed by atoms with Crippen molar-refractivity contribution in [3.05, 3.63) is 59.9 Å². The van der Waals surface area contributed by atoms with E-state index in [1.54, 1.807) is 11.6 Å². The van der Waals surface area contributed by atoms with Crippen LogP contribution in [0.1, 0.15) is 21.6 Å². The largest absolute Gasteiger partial charge is 0.480 e. The average molecular weight is 343 g/mol. The Morgan fingerprint density at radius 1 is 1.44 bits per heavy atom. The molecular formula is C18H21N3O4. The van der Waals surface area contributed by atoms with Crippen molar-refractivity contribution in [1.29, 1.82) is 0 Å². The van der Waals surface area contributed by atoms with Crippen molar-refractivity contribution in [2.45, 2.75) is 19.9 Å². The molecule has 0 spiro atoms. The van der Waals surface area contributed by atoms with Gasteiger partial charge in [-0.25, -0.2) is 9.48 Å². The van der Waals surface area contributed by atoms with Crippen LogP contribution in [0.25, 0.3) is 5.69 Å². The Labute approximate surface area is 145 Å². The molecule has 1 aromatic heterocycles. The van der Waals surface area contributed by atoms with Crippen LogP contribution in [0.5, 0.6) is 0 Å². The number of aryl methyl sites for hydroxylation is 1. The minimum atomic E-state index is -1.17. The Kier molecular flexibility index (Phi) is 6.08. The third-order valence-electron chi connectivity index (χ3n) is 3.62. The number of hydrogen-bond donors (Lipinski definition) is 2. The Morgan fingerprint density at radius 2 is 2.20 bits per heavy atom. The number of ether oxygens (including phenoxy) is 1. The molecule has 7 nitrogen and oxygen atoms in total. The standard InChI is InChI=1S/C18H21N3O4/c1-4-8-25-11-16(18(23)24)20-17(22)15-10-19-21(13(15)3)14-7-5-6-12(2)9-14/h4-7,9-10,16H,1,8,11H2,2-3H3,(H,20,22)(H,23,24). The van der Waals surface area contributed by atoms with Crippen molar-refractivity contribution in [2.24, 2.45) is 0 Å². The molecule has 7 heteroatoms. The van der Waals surface area contributed by atoms with Gasteiger partial charge in [-0.05, 0) is 31.5 Å². The molecule has 1 amide bonds. The topological polar surface area (TPSA) is 93.5 Å². The molecule has 1 aromatic carbocycles. The van der Waals surface area contributed by atoms with E-state index in [1.165, 1.54) is 12.3 Å². The van der Waals surface area contributed by atoms with Gasteiger partial charge in [0.05, 0.1) is 36.4 Å². The minimum absolute atomic E-state index is 0.141. The van der Waals surface area contributed by atoms with Gasteiger partial charge in [-0.2, -0.15) is 5.10 Å². The van der Waals surface area contributed by atoms with Gasteiger partial charge in [-0.1, -0.05) is 18.2 Å². The fourth-order valence-electron chi connectivity index (χ4n) is 2.33. The molecule has 0 saturated heterocycles. The first-order valence-corrected chi connectivity index (χ1v) is 7.78. The van der Waals surface area contributed by atoms with Crippen molar-refractivity contribution >= 4 is 11.9 Å². The van der Waals surface area contributed by atoms with E-state index in [4.69, 9.17) is 4.74 Å². The summed E-state index contributed by atoms with van der Waals surface area (Å²) in [4.78, 5) is 23.7. The van der Waals surface area contributed by atoms with E-state index in [0.29, 0.717) is 11.3 Å². The quantitative estimate of drug-likeness (QED) is 0.564. The highest BCUT2D eigenvalue weighted by molar-refractivity contribution is 5.97. The van der Waals surface area contributed by atoms with Gasteiger partial charge in [0, 0.05) is 0 Å². The summed E-state index contributed by atoms with van der Waals surface area (Å²) in [5, 5.41) is 15.9. The molecule has 1 unspecified atom stereocenters. The number of carboxylic acid groups (broad SMARTS) is 1. The van der Waals surface area contributed by atoms with Crippen LogP contribution >= 0.6 is 0 Å². The number of benzene rings is 1. The molecule has 0 aliphatic rings. The van der Waals surface area contributed by atoms with Crippen LogP contribution in [0.4, 0.5) is 0 Å². The van der Waals surface area contributed by atoms with Crippen LogP contribution in [-0.4, -0.2) is 46.0 Å². The van der Waals surface area contributed by atoms with E-state index in [2.05, 4.69) is 17.0 Å². The summed E-state index contributed by atoms with van der Waals surface area (Å²) < 4.78 is 6.77. The molecule has 1 atom stereocenters. The second kappa shape index (κ2) is 8.25. The summed E-state index contributed by atoms with van der Waals surface area (Å²) in [7, 11) is 0. The molecule has 0 bridgehead atoms. The minimum Gasteiger partial charge on any atom is -0.480 e. The Hall–Kier alpha value is -2.93. The second-order valence-electron chi connectivity index (χ2n) is 5.58. The first-order chi connectivity index (χ1) is 11.9. The SMILES string of the molecule is C=CCOCC(NC(=O)c1cnn(-c2cccc(C)c2)c1C)C(=O)O. The number of hydrogen-bond acceptors (Lipinski definition) is 4. The molecule has 2 N–H and O–H groups in total. The van der Waals surface area contributed by atoms with Crippen LogP contribution in [0.3, 0.4) is 0 Å². The number of carbonyl (C=O) groups excluding carboxylic acids is 1. The van der Waals surface area contributed by atoms with Crippen molar-refractivity contribution in [3.8, 4) is 5.69 Å². The first-order valence-electron chi connectivity index (χ1n) is 7.78. The van der Waals surface area contributed by atoms with Gasteiger partial charge >= 0.3 is 5.97 Å². The maximum Gasteiger partial charge on any atom is 0.328 e. The predicted molar refractivity (Wildman–Crippen MR) is 92.9 cm³/mol. The maximum atomic E-state index is 12.4. The zero-order valence-corrected chi connectivity index (χ0v) is 14.2. The second-order valence-corrected chi connectivity index (χ2v) is 5.58. The fourth-order valence-corrected chi connectivity index (χ4v) is 2.33. The smallest absolute Gasteiger partial charge is 0.328 e. The van der Waals surface area contributed by atoms with Crippen LogP contribution in [0, 0.1) is 13.8 Å². The van der Waals surface area contributed by atoms with Crippen LogP contribution in [-0.2, 0) is 9.53 Å². The highest BCUT2D eigenvalue weighted by atomic mass is 16.5. The van der Waals surface area contributed by atoms with Crippen molar-refractivity contribution in [3.63, 3.8) is 0 Å². The molecule has 0 saturated carbocycles. The van der Waals surface area contributed by atoms with Crippen molar-refractivity contribution in [2.75, 3.05) is 13.2 Å². The first kappa shape index (κ1) is 18.4. The number of aromatic nitrogens is 2. The van der Waals surface area contributed by atoms with Gasteiger partial charge < -0.3 is 15.2 Å². The molecule has 0 radical (unpaired) electrons. The van der Waals surface area contributed by atoms with E-state index < -0.39 is 17.9 Å². The fraction of sp³-hybridized carbons (Fsp3) is 0.278. The maximum absolute atomic E-state index is 12.4. The summed E-state index contributed by atoms with van der Waals surface area (Å²) >= 11 is 0. The molecule has 25 heavy (non-hydrogen) atoms. The number of amides is 1. The van der Waals surface area contributed by atoms with Gasteiger partial charge in [0.15, 0.2) is 6.04 Å². The highest BCUT2D eigenvalue weighted by Gasteiger charge is 2.23.